The zero-order valence-corrected chi connectivity index (χ0v) is 12.3. The molecule has 1 aromatic heterocycles. The van der Waals surface area contributed by atoms with E-state index in [0.717, 1.165) is 37.2 Å². The number of methoxy groups -OCH3 is 1. The highest BCUT2D eigenvalue weighted by molar-refractivity contribution is 5.81. The zero-order chi connectivity index (χ0) is 14.8. The van der Waals surface area contributed by atoms with Crippen molar-refractivity contribution in [3.63, 3.8) is 0 Å². The van der Waals surface area contributed by atoms with Crippen molar-refractivity contribution in [2.75, 3.05) is 26.8 Å². The van der Waals surface area contributed by atoms with Crippen LogP contribution >= 0.6 is 0 Å². The Morgan fingerprint density at radius 2 is 2.24 bits per heavy atom. The molecule has 1 aliphatic heterocycles. The Kier molecular flexibility index (Phi) is 3.94. The van der Waals surface area contributed by atoms with Crippen molar-refractivity contribution in [2.24, 2.45) is 0 Å². The lowest BCUT2D eigenvalue weighted by atomic mass is 10.1. The van der Waals surface area contributed by atoms with Crippen LogP contribution in [-0.4, -0.2) is 37.8 Å². The molecule has 0 saturated carbocycles. The Hall–Kier alpha value is -1.85. The molecule has 0 amide bonds. The Morgan fingerprint density at radius 3 is 3.00 bits per heavy atom. The molecule has 1 fully saturated rings. The molecule has 0 N–H and O–H groups in total. The van der Waals surface area contributed by atoms with Gasteiger partial charge in [-0.1, -0.05) is 0 Å². The summed E-state index contributed by atoms with van der Waals surface area (Å²) >= 11 is 0. The van der Waals surface area contributed by atoms with Crippen LogP contribution in [0.4, 0.5) is 0 Å². The minimum atomic E-state index is -0.327. The molecule has 0 radical (unpaired) electrons. The predicted octanol–water partition coefficient (Wildman–Crippen LogP) is 2.02. The third kappa shape index (κ3) is 3.09. The van der Waals surface area contributed by atoms with E-state index in [4.69, 9.17) is 13.9 Å². The average molecular weight is 289 g/mol. The Balaban J connectivity index is 1.95. The molecule has 1 aliphatic rings. The first-order chi connectivity index (χ1) is 10.2. The van der Waals surface area contributed by atoms with E-state index < -0.39 is 0 Å². The molecule has 0 unspecified atom stereocenters. The molecule has 1 saturated heterocycles. The minimum absolute atomic E-state index is 0.227. The minimum Gasteiger partial charge on any atom is -0.497 e. The van der Waals surface area contributed by atoms with Crippen LogP contribution in [0.3, 0.4) is 0 Å². The molecule has 5 nitrogen and oxygen atoms in total. The zero-order valence-electron chi connectivity index (χ0n) is 12.3. The summed E-state index contributed by atoms with van der Waals surface area (Å²) in [5, 5.41) is 0.953. The van der Waals surface area contributed by atoms with Crippen molar-refractivity contribution in [1.29, 1.82) is 0 Å². The monoisotopic (exact) mass is 289 g/mol. The summed E-state index contributed by atoms with van der Waals surface area (Å²) in [4.78, 5) is 14.1. The number of hydrogen-bond acceptors (Lipinski definition) is 5. The number of benzene rings is 1. The quantitative estimate of drug-likeness (QED) is 0.809. The summed E-state index contributed by atoms with van der Waals surface area (Å²) < 4.78 is 16.0. The van der Waals surface area contributed by atoms with E-state index in [-0.39, 0.29) is 11.7 Å². The van der Waals surface area contributed by atoms with Gasteiger partial charge in [0.1, 0.15) is 11.3 Å². The van der Waals surface area contributed by atoms with Gasteiger partial charge in [0.05, 0.1) is 19.8 Å². The smallest absolute Gasteiger partial charge is 0.336 e. The van der Waals surface area contributed by atoms with Crippen LogP contribution in [0, 0.1) is 0 Å². The molecule has 5 heteroatoms. The molecular formula is C16H19NO4. The summed E-state index contributed by atoms with van der Waals surface area (Å²) in [6.07, 6.45) is 0.227. The van der Waals surface area contributed by atoms with Crippen LogP contribution in [0.25, 0.3) is 11.0 Å². The van der Waals surface area contributed by atoms with Gasteiger partial charge >= 0.3 is 5.63 Å². The van der Waals surface area contributed by atoms with Crippen LogP contribution in [0.15, 0.2) is 33.5 Å². The summed E-state index contributed by atoms with van der Waals surface area (Å²) in [7, 11) is 1.60. The predicted molar refractivity (Wildman–Crippen MR) is 79.7 cm³/mol. The molecule has 1 aromatic carbocycles. The van der Waals surface area contributed by atoms with Gasteiger partial charge in [-0.05, 0) is 24.6 Å². The lowest BCUT2D eigenvalue weighted by Crippen LogP contribution is -2.40. The number of rotatable bonds is 3. The van der Waals surface area contributed by atoms with Gasteiger partial charge in [0.15, 0.2) is 0 Å². The van der Waals surface area contributed by atoms with Gasteiger partial charge < -0.3 is 13.9 Å². The van der Waals surface area contributed by atoms with Gasteiger partial charge in [0, 0.05) is 37.2 Å². The van der Waals surface area contributed by atoms with Crippen molar-refractivity contribution in [3.8, 4) is 5.75 Å². The van der Waals surface area contributed by atoms with Gasteiger partial charge in [-0.3, -0.25) is 4.90 Å². The third-order valence-corrected chi connectivity index (χ3v) is 3.76. The second kappa shape index (κ2) is 5.87. The molecule has 3 rings (SSSR count). The lowest BCUT2D eigenvalue weighted by Gasteiger charge is -2.31. The van der Waals surface area contributed by atoms with Crippen molar-refractivity contribution >= 4 is 11.0 Å². The fraction of sp³-hybridized carbons (Fsp3) is 0.438. The summed E-state index contributed by atoms with van der Waals surface area (Å²) in [5.74, 6) is 0.683. The summed E-state index contributed by atoms with van der Waals surface area (Å²) in [5.41, 5.74) is 1.23. The van der Waals surface area contributed by atoms with Gasteiger partial charge in [0.25, 0.3) is 0 Å². The van der Waals surface area contributed by atoms with Crippen molar-refractivity contribution in [3.05, 3.63) is 40.2 Å². The number of morpholine rings is 1. The van der Waals surface area contributed by atoms with Gasteiger partial charge in [-0.15, -0.1) is 0 Å². The molecule has 0 aliphatic carbocycles. The molecule has 0 bridgehead atoms. The Bertz CT molecular complexity index is 694. The summed E-state index contributed by atoms with van der Waals surface area (Å²) in [6.45, 7) is 5.27. The van der Waals surface area contributed by atoms with Gasteiger partial charge in [0.2, 0.25) is 0 Å². The van der Waals surface area contributed by atoms with E-state index in [1.165, 1.54) is 0 Å². The van der Waals surface area contributed by atoms with E-state index in [0.29, 0.717) is 11.3 Å². The van der Waals surface area contributed by atoms with E-state index in [1.54, 1.807) is 19.2 Å². The fourth-order valence-corrected chi connectivity index (χ4v) is 2.74. The fourth-order valence-electron chi connectivity index (χ4n) is 2.74. The maximum atomic E-state index is 11.8. The molecule has 1 atom stereocenters. The van der Waals surface area contributed by atoms with Crippen LogP contribution in [0.2, 0.25) is 0 Å². The first-order valence-electron chi connectivity index (χ1n) is 7.10. The Labute approximate surface area is 123 Å². The van der Waals surface area contributed by atoms with Crippen LogP contribution in [-0.2, 0) is 11.3 Å². The molecule has 0 spiro atoms. The number of hydrogen-bond donors (Lipinski definition) is 0. The maximum absolute atomic E-state index is 11.8. The number of fused-ring (bicyclic) bond motifs is 1. The first kappa shape index (κ1) is 14.1. The van der Waals surface area contributed by atoms with Crippen molar-refractivity contribution < 1.29 is 13.9 Å². The van der Waals surface area contributed by atoms with Crippen LogP contribution in [0.5, 0.6) is 5.75 Å². The highest BCUT2D eigenvalue weighted by Crippen LogP contribution is 2.23. The van der Waals surface area contributed by atoms with E-state index in [2.05, 4.69) is 11.8 Å². The second-order valence-corrected chi connectivity index (χ2v) is 5.37. The lowest BCUT2D eigenvalue weighted by molar-refractivity contribution is -0.0211. The number of nitrogens with zero attached hydrogens (tertiary/aromatic N) is 1. The van der Waals surface area contributed by atoms with E-state index in [9.17, 15) is 4.79 Å². The Morgan fingerprint density at radius 1 is 1.38 bits per heavy atom. The maximum Gasteiger partial charge on any atom is 0.336 e. The first-order valence-corrected chi connectivity index (χ1v) is 7.10. The standard InChI is InChI=1S/C16H19NO4/c1-11-9-17(5-6-20-11)10-12-7-16(18)21-15-8-13(19-2)3-4-14(12)15/h3-4,7-8,11H,5-6,9-10H2,1-2H3/t11-/m1/s1. The summed E-state index contributed by atoms with van der Waals surface area (Å²) in [6, 6.07) is 7.15. The van der Waals surface area contributed by atoms with E-state index >= 15 is 0 Å². The molecule has 2 aromatic rings. The van der Waals surface area contributed by atoms with E-state index in [1.807, 2.05) is 12.1 Å². The van der Waals surface area contributed by atoms with Crippen LogP contribution in [0.1, 0.15) is 12.5 Å². The van der Waals surface area contributed by atoms with Crippen molar-refractivity contribution in [2.45, 2.75) is 19.6 Å². The highest BCUT2D eigenvalue weighted by Gasteiger charge is 2.18. The normalized spacial score (nSPS) is 19.8. The van der Waals surface area contributed by atoms with Crippen molar-refractivity contribution in [1.82, 2.24) is 4.90 Å². The molecular weight excluding hydrogens is 270 g/mol. The molecule has 21 heavy (non-hydrogen) atoms. The number of ether oxygens (including phenoxy) is 2. The van der Waals surface area contributed by atoms with Gasteiger partial charge in [-0.25, -0.2) is 4.79 Å². The second-order valence-electron chi connectivity index (χ2n) is 5.37. The average Bonchev–Trinajstić information content (AvgIpc) is 2.46. The SMILES string of the molecule is COc1ccc2c(CN3CCO[C@H](C)C3)cc(=O)oc2c1. The van der Waals surface area contributed by atoms with Crippen LogP contribution < -0.4 is 10.4 Å². The molecule has 2 heterocycles. The topological polar surface area (TPSA) is 51.9 Å². The molecule has 112 valence electrons. The largest absolute Gasteiger partial charge is 0.497 e. The van der Waals surface area contributed by atoms with Gasteiger partial charge in [-0.2, -0.15) is 0 Å². The highest BCUT2D eigenvalue weighted by atomic mass is 16.5. The third-order valence-electron chi connectivity index (χ3n) is 3.76.